The first kappa shape index (κ1) is 13.4. The number of halogens is 2. The van der Waals surface area contributed by atoms with Gasteiger partial charge in [-0.1, -0.05) is 35.3 Å². The van der Waals surface area contributed by atoms with Crippen molar-refractivity contribution in [2.75, 3.05) is 0 Å². The Morgan fingerprint density at radius 1 is 0.789 bits per heavy atom. The first-order chi connectivity index (χ1) is 9.13. The van der Waals surface area contributed by atoms with Crippen molar-refractivity contribution in [1.29, 1.82) is 10.5 Å². The van der Waals surface area contributed by atoms with Gasteiger partial charge in [0, 0.05) is 0 Å². The molecule has 0 aliphatic rings. The summed E-state index contributed by atoms with van der Waals surface area (Å²) in [6.07, 6.45) is 0.650. The lowest BCUT2D eigenvalue weighted by atomic mass is 10.0. The standard InChI is InChI=1S/C15H8Cl2N2/c16-14-6-10(1-3-12(14)8-18)5-11-2-4-13(9-19)15(17)7-11/h1-4,6-7H,5H2. The average Bonchev–Trinajstić information content (AvgIpc) is 2.39. The molecule has 0 bridgehead atoms. The van der Waals surface area contributed by atoms with Crippen molar-refractivity contribution in [2.24, 2.45) is 0 Å². The van der Waals surface area contributed by atoms with Crippen LogP contribution in [0.3, 0.4) is 0 Å². The van der Waals surface area contributed by atoms with Crippen molar-refractivity contribution in [3.05, 3.63) is 68.7 Å². The number of nitriles is 2. The van der Waals surface area contributed by atoms with Gasteiger partial charge in [0.25, 0.3) is 0 Å². The number of benzene rings is 2. The molecule has 0 saturated heterocycles. The molecule has 0 atom stereocenters. The fourth-order valence-electron chi connectivity index (χ4n) is 1.75. The van der Waals surface area contributed by atoms with Gasteiger partial charge in [0.1, 0.15) is 12.1 Å². The first-order valence-electron chi connectivity index (χ1n) is 5.51. The molecule has 2 aromatic carbocycles. The lowest BCUT2D eigenvalue weighted by Gasteiger charge is -2.05. The van der Waals surface area contributed by atoms with Crippen molar-refractivity contribution in [3.63, 3.8) is 0 Å². The lowest BCUT2D eigenvalue weighted by molar-refractivity contribution is 1.19. The van der Waals surface area contributed by atoms with Gasteiger partial charge in [0.2, 0.25) is 0 Å². The van der Waals surface area contributed by atoms with Crippen LogP contribution in [0, 0.1) is 22.7 Å². The minimum Gasteiger partial charge on any atom is -0.192 e. The summed E-state index contributed by atoms with van der Waals surface area (Å²) in [6.45, 7) is 0. The van der Waals surface area contributed by atoms with Gasteiger partial charge in [0.05, 0.1) is 21.2 Å². The molecule has 0 fully saturated rings. The van der Waals surface area contributed by atoms with Crippen LogP contribution in [-0.2, 0) is 6.42 Å². The third-order valence-electron chi connectivity index (χ3n) is 2.72. The monoisotopic (exact) mass is 286 g/mol. The first-order valence-corrected chi connectivity index (χ1v) is 6.26. The molecular weight excluding hydrogens is 279 g/mol. The fourth-order valence-corrected chi connectivity index (χ4v) is 2.24. The largest absolute Gasteiger partial charge is 0.192 e. The Kier molecular flexibility index (Phi) is 4.07. The molecule has 0 saturated carbocycles. The van der Waals surface area contributed by atoms with E-state index in [1.165, 1.54) is 0 Å². The zero-order chi connectivity index (χ0) is 13.8. The van der Waals surface area contributed by atoms with Crippen molar-refractivity contribution in [3.8, 4) is 12.1 Å². The number of hydrogen-bond donors (Lipinski definition) is 0. The Balaban J connectivity index is 2.27. The molecule has 4 heteroatoms. The maximum Gasteiger partial charge on any atom is 0.101 e. The van der Waals surface area contributed by atoms with E-state index in [2.05, 4.69) is 0 Å². The third kappa shape index (κ3) is 3.06. The van der Waals surface area contributed by atoms with Crippen LogP contribution >= 0.6 is 23.2 Å². The van der Waals surface area contributed by atoms with Gasteiger partial charge in [-0.15, -0.1) is 0 Å². The number of rotatable bonds is 2. The van der Waals surface area contributed by atoms with Crippen molar-refractivity contribution < 1.29 is 0 Å². The molecule has 0 heterocycles. The molecule has 19 heavy (non-hydrogen) atoms. The van der Waals surface area contributed by atoms with E-state index in [0.29, 0.717) is 27.6 Å². The van der Waals surface area contributed by atoms with Gasteiger partial charge in [-0.2, -0.15) is 10.5 Å². The molecule has 0 aromatic heterocycles. The van der Waals surface area contributed by atoms with Crippen molar-refractivity contribution in [2.45, 2.75) is 6.42 Å². The zero-order valence-electron chi connectivity index (χ0n) is 9.82. The summed E-state index contributed by atoms with van der Waals surface area (Å²) >= 11 is 12.0. The summed E-state index contributed by atoms with van der Waals surface area (Å²) in [5.41, 5.74) is 2.90. The van der Waals surface area contributed by atoms with E-state index in [0.717, 1.165) is 11.1 Å². The van der Waals surface area contributed by atoms with Crippen LogP contribution in [-0.4, -0.2) is 0 Å². The van der Waals surface area contributed by atoms with Gasteiger partial charge in [-0.05, 0) is 41.8 Å². The summed E-state index contributed by atoms with van der Waals surface area (Å²) in [6, 6.07) is 14.7. The van der Waals surface area contributed by atoms with E-state index in [1.807, 2.05) is 24.3 Å². The molecule has 2 rings (SSSR count). The number of nitrogens with zero attached hydrogens (tertiary/aromatic N) is 2. The van der Waals surface area contributed by atoms with E-state index in [-0.39, 0.29) is 0 Å². The van der Waals surface area contributed by atoms with E-state index in [1.54, 1.807) is 24.3 Å². The van der Waals surface area contributed by atoms with Gasteiger partial charge in [-0.25, -0.2) is 0 Å². The highest BCUT2D eigenvalue weighted by Gasteiger charge is 2.04. The molecule has 0 spiro atoms. The zero-order valence-corrected chi connectivity index (χ0v) is 11.3. The lowest BCUT2D eigenvalue weighted by Crippen LogP contribution is -1.90. The van der Waals surface area contributed by atoms with Gasteiger partial charge < -0.3 is 0 Å². The Hall–Kier alpha value is -2.00. The quantitative estimate of drug-likeness (QED) is 0.825. The predicted molar refractivity (Wildman–Crippen MR) is 75.1 cm³/mol. The Bertz CT molecular complexity index is 648. The minimum absolute atomic E-state index is 0.444. The number of hydrogen-bond acceptors (Lipinski definition) is 2. The second kappa shape index (κ2) is 5.76. The summed E-state index contributed by atoms with van der Waals surface area (Å²) in [5, 5.41) is 18.5. The van der Waals surface area contributed by atoms with Crippen molar-refractivity contribution in [1.82, 2.24) is 0 Å². The Morgan fingerprint density at radius 2 is 1.21 bits per heavy atom. The summed E-state index contributed by atoms with van der Waals surface area (Å²) in [7, 11) is 0. The highest BCUT2D eigenvalue weighted by molar-refractivity contribution is 6.32. The van der Waals surface area contributed by atoms with Crippen LogP contribution in [0.25, 0.3) is 0 Å². The third-order valence-corrected chi connectivity index (χ3v) is 3.34. The molecule has 0 radical (unpaired) electrons. The Labute approximate surface area is 121 Å². The molecule has 0 aliphatic heterocycles. The van der Waals surface area contributed by atoms with Crippen molar-refractivity contribution >= 4 is 23.2 Å². The maximum atomic E-state index is 8.81. The summed E-state index contributed by atoms with van der Waals surface area (Å²) in [5.74, 6) is 0. The minimum atomic E-state index is 0.444. The van der Waals surface area contributed by atoms with Crippen LogP contribution in [0.5, 0.6) is 0 Å². The smallest absolute Gasteiger partial charge is 0.101 e. The van der Waals surface area contributed by atoms with Crippen LogP contribution in [0.15, 0.2) is 36.4 Å². The molecule has 0 aliphatic carbocycles. The molecule has 2 nitrogen and oxygen atoms in total. The van der Waals surface area contributed by atoms with Gasteiger partial charge in [-0.3, -0.25) is 0 Å². The van der Waals surface area contributed by atoms with Crippen LogP contribution in [0.2, 0.25) is 10.0 Å². The van der Waals surface area contributed by atoms with E-state index < -0.39 is 0 Å². The fraction of sp³-hybridized carbons (Fsp3) is 0.0667. The van der Waals surface area contributed by atoms with Gasteiger partial charge >= 0.3 is 0 Å². The predicted octanol–water partition coefficient (Wildman–Crippen LogP) is 4.33. The highest BCUT2D eigenvalue weighted by atomic mass is 35.5. The van der Waals surface area contributed by atoms with Crippen LogP contribution < -0.4 is 0 Å². The van der Waals surface area contributed by atoms with Crippen LogP contribution in [0.1, 0.15) is 22.3 Å². The molecule has 92 valence electrons. The average molecular weight is 287 g/mol. The molecular formula is C15H8Cl2N2. The van der Waals surface area contributed by atoms with E-state index >= 15 is 0 Å². The second-order valence-corrected chi connectivity index (χ2v) is 4.84. The SMILES string of the molecule is N#Cc1ccc(Cc2ccc(C#N)c(Cl)c2)cc1Cl. The topological polar surface area (TPSA) is 47.6 Å². The molecule has 2 aromatic rings. The molecule has 0 unspecified atom stereocenters. The second-order valence-electron chi connectivity index (χ2n) is 4.03. The Morgan fingerprint density at radius 3 is 1.53 bits per heavy atom. The maximum absolute atomic E-state index is 8.81. The molecule has 0 amide bonds. The van der Waals surface area contributed by atoms with Gasteiger partial charge in [0.15, 0.2) is 0 Å². The van der Waals surface area contributed by atoms with E-state index in [9.17, 15) is 0 Å². The highest BCUT2D eigenvalue weighted by Crippen LogP contribution is 2.22. The van der Waals surface area contributed by atoms with E-state index in [4.69, 9.17) is 33.7 Å². The molecule has 0 N–H and O–H groups in total. The van der Waals surface area contributed by atoms with Crippen LogP contribution in [0.4, 0.5) is 0 Å². The summed E-state index contributed by atoms with van der Waals surface area (Å²) < 4.78 is 0. The summed E-state index contributed by atoms with van der Waals surface area (Å²) in [4.78, 5) is 0. The normalized spacial score (nSPS) is 9.68.